The number of benzene rings is 1. The second-order valence-corrected chi connectivity index (χ2v) is 5.93. The predicted molar refractivity (Wildman–Crippen MR) is 96.1 cm³/mol. The molecule has 0 bridgehead atoms. The largest absolute Gasteiger partial charge is 0.573 e. The van der Waals surface area contributed by atoms with E-state index in [2.05, 4.69) is 15.4 Å². The molecule has 30 heavy (non-hydrogen) atoms. The summed E-state index contributed by atoms with van der Waals surface area (Å²) in [4.78, 5) is 23.8. The Morgan fingerprint density at radius 1 is 1.03 bits per heavy atom. The number of hydrogen-bond donors (Lipinski definition) is 3. The molecule has 0 radical (unpaired) electrons. The Balaban J connectivity index is 1.49. The Hall–Kier alpha value is -3.73. The van der Waals surface area contributed by atoms with Crippen LogP contribution in [0.3, 0.4) is 0 Å². The van der Waals surface area contributed by atoms with Crippen molar-refractivity contribution in [3.05, 3.63) is 60.6 Å². The van der Waals surface area contributed by atoms with Crippen LogP contribution in [0.5, 0.6) is 5.75 Å². The van der Waals surface area contributed by atoms with Crippen LogP contribution in [0.4, 0.5) is 18.9 Å². The van der Waals surface area contributed by atoms with Crippen molar-refractivity contribution in [1.29, 1.82) is 0 Å². The average molecular weight is 424 g/mol. The molecule has 0 fully saturated rings. The van der Waals surface area contributed by atoms with Gasteiger partial charge in [-0.1, -0.05) is 0 Å². The van der Waals surface area contributed by atoms with Gasteiger partial charge < -0.3 is 29.3 Å². The van der Waals surface area contributed by atoms with Crippen LogP contribution in [0.25, 0.3) is 11.5 Å². The van der Waals surface area contributed by atoms with E-state index in [1.165, 1.54) is 12.3 Å². The summed E-state index contributed by atoms with van der Waals surface area (Å²) in [5.74, 6) is -1.59. The first kappa shape index (κ1) is 21.0. The van der Waals surface area contributed by atoms with Crippen molar-refractivity contribution in [1.82, 2.24) is 5.32 Å². The smallest absolute Gasteiger partial charge is 0.461 e. The van der Waals surface area contributed by atoms with Crippen LogP contribution < -0.4 is 15.4 Å². The maximum Gasteiger partial charge on any atom is 0.573 e. The summed E-state index contributed by atoms with van der Waals surface area (Å²) in [6.07, 6.45) is -4.59. The summed E-state index contributed by atoms with van der Waals surface area (Å²) in [5, 5.41) is 14.5. The summed E-state index contributed by atoms with van der Waals surface area (Å²) in [6.45, 7) is -0.310. The van der Waals surface area contributed by atoms with E-state index in [0.29, 0.717) is 11.5 Å². The van der Waals surface area contributed by atoms with Gasteiger partial charge in [0, 0.05) is 5.69 Å². The van der Waals surface area contributed by atoms with Crippen molar-refractivity contribution in [3.8, 4) is 17.3 Å². The lowest BCUT2D eigenvalue weighted by molar-refractivity contribution is -0.274. The van der Waals surface area contributed by atoms with Gasteiger partial charge in [-0.15, -0.1) is 13.2 Å². The van der Waals surface area contributed by atoms with Gasteiger partial charge in [-0.05, 0) is 48.5 Å². The molecular formula is C19H15F3N2O6. The number of nitrogens with one attached hydrogen (secondary N) is 2. The first-order valence-corrected chi connectivity index (χ1v) is 8.48. The number of carbonyl (C=O) groups is 2. The highest BCUT2D eigenvalue weighted by molar-refractivity contribution is 6.39. The highest BCUT2D eigenvalue weighted by Crippen LogP contribution is 2.26. The number of ether oxygens (including phenoxy) is 1. The molecule has 0 aliphatic heterocycles. The molecule has 0 aliphatic rings. The zero-order valence-electron chi connectivity index (χ0n) is 15.1. The first-order valence-electron chi connectivity index (χ1n) is 8.48. The van der Waals surface area contributed by atoms with Gasteiger partial charge in [-0.2, -0.15) is 0 Å². The van der Waals surface area contributed by atoms with Crippen molar-refractivity contribution >= 4 is 17.5 Å². The standard InChI is InChI=1S/C19H15F3N2O6/c20-19(21,22)30-12-5-3-11(4-6-12)24-18(27)17(26)23-10-13(25)14-7-8-16(29-14)15-2-1-9-28-15/h1-9,13,25H,10H2,(H,23,26)(H,24,27). The lowest BCUT2D eigenvalue weighted by Gasteiger charge is -2.11. The minimum Gasteiger partial charge on any atom is -0.461 e. The van der Waals surface area contributed by atoms with Gasteiger partial charge >= 0.3 is 18.2 Å². The fraction of sp³-hybridized carbons (Fsp3) is 0.158. The molecule has 2 amide bonds. The number of furan rings is 2. The van der Waals surface area contributed by atoms with E-state index in [4.69, 9.17) is 8.83 Å². The number of amides is 2. The van der Waals surface area contributed by atoms with Crippen LogP contribution in [0.2, 0.25) is 0 Å². The van der Waals surface area contributed by atoms with E-state index in [9.17, 15) is 27.9 Å². The number of hydrogen-bond acceptors (Lipinski definition) is 6. The summed E-state index contributed by atoms with van der Waals surface area (Å²) < 4.78 is 50.7. The lowest BCUT2D eigenvalue weighted by Crippen LogP contribution is -2.37. The molecule has 2 heterocycles. The van der Waals surface area contributed by atoms with E-state index in [1.807, 2.05) is 0 Å². The number of rotatable bonds is 6. The molecule has 0 aliphatic carbocycles. The van der Waals surface area contributed by atoms with Gasteiger partial charge in [-0.25, -0.2) is 0 Å². The minimum absolute atomic E-state index is 0.0827. The Morgan fingerprint density at radius 3 is 2.40 bits per heavy atom. The Bertz CT molecular complexity index is 996. The van der Waals surface area contributed by atoms with Crippen molar-refractivity contribution in [2.24, 2.45) is 0 Å². The number of carbonyl (C=O) groups excluding carboxylic acids is 2. The molecule has 0 spiro atoms. The Kier molecular flexibility index (Phi) is 6.11. The molecule has 2 aromatic heterocycles. The van der Waals surface area contributed by atoms with Crippen molar-refractivity contribution in [3.63, 3.8) is 0 Å². The highest BCUT2D eigenvalue weighted by Gasteiger charge is 2.31. The van der Waals surface area contributed by atoms with Crippen molar-refractivity contribution in [2.75, 3.05) is 11.9 Å². The van der Waals surface area contributed by atoms with Crippen LogP contribution in [0, 0.1) is 0 Å². The number of halogens is 3. The fourth-order valence-corrected chi connectivity index (χ4v) is 2.38. The fourth-order valence-electron chi connectivity index (χ4n) is 2.38. The van der Waals surface area contributed by atoms with E-state index >= 15 is 0 Å². The molecule has 1 aromatic carbocycles. The summed E-state index contributed by atoms with van der Waals surface area (Å²) in [5.41, 5.74) is 0.0827. The van der Waals surface area contributed by atoms with Gasteiger partial charge in [0.05, 0.1) is 12.8 Å². The SMILES string of the molecule is O=C(NCC(O)c1ccc(-c2ccco2)o1)C(=O)Nc1ccc(OC(F)(F)F)cc1. The number of aliphatic hydroxyl groups is 1. The van der Waals surface area contributed by atoms with Gasteiger partial charge in [0.1, 0.15) is 17.6 Å². The molecule has 158 valence electrons. The third kappa shape index (κ3) is 5.64. The van der Waals surface area contributed by atoms with Crippen LogP contribution in [0.1, 0.15) is 11.9 Å². The molecule has 11 heteroatoms. The third-order valence-electron chi connectivity index (χ3n) is 3.73. The van der Waals surface area contributed by atoms with Gasteiger partial charge in [0.25, 0.3) is 0 Å². The molecule has 0 saturated heterocycles. The van der Waals surface area contributed by atoms with Crippen LogP contribution in [0.15, 0.2) is 63.6 Å². The predicted octanol–water partition coefficient (Wildman–Crippen LogP) is 3.23. The van der Waals surface area contributed by atoms with E-state index in [1.54, 1.807) is 18.2 Å². The van der Waals surface area contributed by atoms with E-state index in [-0.39, 0.29) is 18.0 Å². The number of anilines is 1. The van der Waals surface area contributed by atoms with Crippen LogP contribution >= 0.6 is 0 Å². The molecule has 3 rings (SSSR count). The lowest BCUT2D eigenvalue weighted by atomic mass is 10.2. The second kappa shape index (κ2) is 8.74. The Morgan fingerprint density at radius 2 is 1.77 bits per heavy atom. The van der Waals surface area contributed by atoms with Gasteiger partial charge in [0.2, 0.25) is 0 Å². The van der Waals surface area contributed by atoms with E-state index in [0.717, 1.165) is 24.3 Å². The summed E-state index contributed by atoms with van der Waals surface area (Å²) in [6, 6.07) is 10.7. The molecule has 3 aromatic rings. The van der Waals surface area contributed by atoms with Crippen molar-refractivity contribution in [2.45, 2.75) is 12.5 Å². The molecule has 0 saturated carbocycles. The Labute approximate surface area is 167 Å². The minimum atomic E-state index is -4.84. The molecule has 8 nitrogen and oxygen atoms in total. The highest BCUT2D eigenvalue weighted by atomic mass is 19.4. The van der Waals surface area contributed by atoms with Gasteiger partial charge in [-0.3, -0.25) is 9.59 Å². The third-order valence-corrected chi connectivity index (χ3v) is 3.73. The maximum atomic E-state index is 12.1. The zero-order chi connectivity index (χ0) is 21.7. The average Bonchev–Trinajstić information content (AvgIpc) is 3.37. The number of aliphatic hydroxyl groups excluding tert-OH is 1. The second-order valence-electron chi connectivity index (χ2n) is 5.93. The molecular weight excluding hydrogens is 409 g/mol. The summed E-state index contributed by atoms with van der Waals surface area (Å²) in [7, 11) is 0. The first-order chi connectivity index (χ1) is 14.2. The molecule has 3 N–H and O–H groups in total. The molecule has 1 atom stereocenters. The van der Waals surface area contributed by atoms with Crippen LogP contribution in [-0.4, -0.2) is 29.8 Å². The van der Waals surface area contributed by atoms with Gasteiger partial charge in [0.15, 0.2) is 11.5 Å². The van der Waals surface area contributed by atoms with Crippen LogP contribution in [-0.2, 0) is 9.59 Å². The topological polar surface area (TPSA) is 114 Å². The monoisotopic (exact) mass is 424 g/mol. The number of alkyl halides is 3. The molecule has 1 unspecified atom stereocenters. The normalized spacial score (nSPS) is 12.3. The van der Waals surface area contributed by atoms with E-state index < -0.39 is 30.0 Å². The quantitative estimate of drug-likeness (QED) is 0.524. The van der Waals surface area contributed by atoms with Crippen molar-refractivity contribution < 1.29 is 41.4 Å². The summed E-state index contributed by atoms with van der Waals surface area (Å²) >= 11 is 0. The maximum absolute atomic E-state index is 12.1. The zero-order valence-corrected chi connectivity index (χ0v) is 15.1.